The summed E-state index contributed by atoms with van der Waals surface area (Å²) in [5.41, 5.74) is 6.44. The molecule has 0 saturated heterocycles. The van der Waals surface area contributed by atoms with Crippen LogP contribution in [0.25, 0.3) is 0 Å². The summed E-state index contributed by atoms with van der Waals surface area (Å²) in [4.78, 5) is 0. The lowest BCUT2D eigenvalue weighted by Crippen LogP contribution is -2.02. The summed E-state index contributed by atoms with van der Waals surface area (Å²) in [6.45, 7) is 0.767. The van der Waals surface area contributed by atoms with E-state index in [-0.39, 0.29) is 0 Å². The molecule has 7 heavy (non-hydrogen) atoms. The van der Waals surface area contributed by atoms with Crippen molar-refractivity contribution in [3.8, 4) is 0 Å². The summed E-state index contributed by atoms with van der Waals surface area (Å²) >= 11 is 0. The van der Waals surface area contributed by atoms with Crippen molar-refractivity contribution < 1.29 is 0 Å². The van der Waals surface area contributed by atoms with Crippen molar-refractivity contribution in [2.24, 2.45) is 10.3 Å². The summed E-state index contributed by atoms with van der Waals surface area (Å²) in [6, 6.07) is 0. The lowest BCUT2D eigenvalue weighted by atomic mass is 10.5. The Morgan fingerprint density at radius 2 is 2.71 bits per heavy atom. The van der Waals surface area contributed by atoms with Crippen LogP contribution < -0.4 is 0 Å². The van der Waals surface area contributed by atoms with Crippen LogP contribution in [0.1, 0.15) is 6.42 Å². The lowest BCUT2D eigenvalue weighted by molar-refractivity contribution is 0.304. The van der Waals surface area contributed by atoms with Gasteiger partial charge in [-0.2, -0.15) is 15.8 Å². The maximum atomic E-state index is 6.44. The minimum absolute atomic E-state index is 0.767. The van der Waals surface area contributed by atoms with Gasteiger partial charge in [-0.3, -0.25) is 0 Å². The first kappa shape index (κ1) is 4.23. The number of nitrogens with one attached hydrogen (secondary N) is 1. The highest BCUT2D eigenvalue weighted by atomic mass is 15.7. The number of hydrazone groups is 1. The van der Waals surface area contributed by atoms with E-state index in [1.54, 1.807) is 6.21 Å². The Kier molecular flexibility index (Phi) is 1.02. The van der Waals surface area contributed by atoms with Crippen molar-refractivity contribution in [1.29, 1.82) is 5.53 Å². The molecule has 0 unspecified atom stereocenters. The van der Waals surface area contributed by atoms with Gasteiger partial charge < -0.3 is 0 Å². The Bertz CT molecular complexity index is 97.1. The molecule has 1 heterocycles. The lowest BCUT2D eigenvalue weighted by Gasteiger charge is -1.98. The zero-order valence-electron chi connectivity index (χ0n) is 3.83. The van der Waals surface area contributed by atoms with Gasteiger partial charge in [0.15, 0.2) is 0 Å². The van der Waals surface area contributed by atoms with E-state index in [9.17, 15) is 0 Å². The van der Waals surface area contributed by atoms with Gasteiger partial charge in [0.2, 0.25) is 0 Å². The van der Waals surface area contributed by atoms with E-state index < -0.39 is 0 Å². The number of rotatable bonds is 1. The second-order valence-electron chi connectivity index (χ2n) is 1.28. The zero-order chi connectivity index (χ0) is 5.11. The molecule has 0 saturated carbocycles. The van der Waals surface area contributed by atoms with Crippen molar-refractivity contribution >= 4 is 6.21 Å². The van der Waals surface area contributed by atoms with Crippen LogP contribution in [0.15, 0.2) is 10.3 Å². The van der Waals surface area contributed by atoms with Crippen LogP contribution in [0.4, 0.5) is 0 Å². The Hall–Kier alpha value is -0.930. The first-order valence-corrected chi connectivity index (χ1v) is 2.11. The first-order chi connectivity index (χ1) is 3.43. The van der Waals surface area contributed by atoms with E-state index in [1.807, 2.05) is 0 Å². The van der Waals surface area contributed by atoms with Gasteiger partial charge in [-0.05, 0) is 0 Å². The van der Waals surface area contributed by atoms with Crippen LogP contribution >= 0.6 is 0 Å². The van der Waals surface area contributed by atoms with E-state index >= 15 is 0 Å². The molecule has 1 aliphatic heterocycles. The van der Waals surface area contributed by atoms with Crippen LogP contribution in [0.2, 0.25) is 0 Å². The normalized spacial score (nSPS) is 18.0. The zero-order valence-corrected chi connectivity index (χ0v) is 3.83. The van der Waals surface area contributed by atoms with Crippen molar-refractivity contribution in [2.45, 2.75) is 6.42 Å². The standard InChI is InChI=1S/C3H6N4/c4-6-7-3-1-2-5-7/h2,4H,1,3H2. The molecular weight excluding hydrogens is 92.1 g/mol. The fraction of sp³-hybridized carbons (Fsp3) is 0.667. The maximum Gasteiger partial charge on any atom is 0.0674 e. The Morgan fingerprint density at radius 1 is 1.86 bits per heavy atom. The summed E-state index contributed by atoms with van der Waals surface area (Å²) in [5, 5.41) is 8.13. The van der Waals surface area contributed by atoms with Gasteiger partial charge in [0, 0.05) is 12.6 Å². The van der Waals surface area contributed by atoms with Crippen molar-refractivity contribution in [3.05, 3.63) is 0 Å². The van der Waals surface area contributed by atoms with Crippen molar-refractivity contribution in [3.63, 3.8) is 0 Å². The molecule has 4 heteroatoms. The van der Waals surface area contributed by atoms with Crippen molar-refractivity contribution in [1.82, 2.24) is 5.12 Å². The summed E-state index contributed by atoms with van der Waals surface area (Å²) in [7, 11) is 0. The second kappa shape index (κ2) is 1.68. The van der Waals surface area contributed by atoms with E-state index in [1.165, 1.54) is 5.12 Å². The van der Waals surface area contributed by atoms with Crippen LogP contribution in [-0.2, 0) is 0 Å². The van der Waals surface area contributed by atoms with E-state index in [0.29, 0.717) is 0 Å². The number of nitrogens with zero attached hydrogens (tertiary/aromatic N) is 3. The highest BCUT2D eigenvalue weighted by molar-refractivity contribution is 5.58. The number of hydrogen-bond acceptors (Lipinski definition) is 3. The predicted octanol–water partition coefficient (Wildman–Crippen LogP) is 0.624. The third kappa shape index (κ3) is 0.734. The minimum atomic E-state index is 0.767. The van der Waals surface area contributed by atoms with Gasteiger partial charge in [0.05, 0.1) is 6.54 Å². The molecular formula is C3H6N4. The Balaban J connectivity index is 2.42. The monoisotopic (exact) mass is 98.1 g/mol. The first-order valence-electron chi connectivity index (χ1n) is 2.11. The molecule has 38 valence electrons. The Morgan fingerprint density at radius 3 is 3.00 bits per heavy atom. The predicted molar refractivity (Wildman–Crippen MR) is 25.0 cm³/mol. The molecule has 1 aliphatic rings. The summed E-state index contributed by atoms with van der Waals surface area (Å²) < 4.78 is 0. The third-order valence-corrected chi connectivity index (χ3v) is 0.789. The van der Waals surface area contributed by atoms with E-state index in [2.05, 4.69) is 10.3 Å². The molecule has 0 spiro atoms. The quantitative estimate of drug-likeness (QED) is 0.480. The van der Waals surface area contributed by atoms with Gasteiger partial charge in [0.25, 0.3) is 0 Å². The third-order valence-electron chi connectivity index (χ3n) is 0.789. The summed E-state index contributed by atoms with van der Waals surface area (Å²) in [6.07, 6.45) is 2.67. The summed E-state index contributed by atoms with van der Waals surface area (Å²) in [5.74, 6) is 0. The van der Waals surface area contributed by atoms with Gasteiger partial charge >= 0.3 is 0 Å². The molecule has 4 nitrogen and oxygen atoms in total. The van der Waals surface area contributed by atoms with E-state index in [0.717, 1.165) is 13.0 Å². The molecule has 1 N–H and O–H groups in total. The average Bonchev–Trinajstić information content (AvgIpc) is 2.14. The molecule has 0 fully saturated rings. The molecule has 0 aliphatic carbocycles. The number of hydrogen-bond donors (Lipinski definition) is 1. The smallest absolute Gasteiger partial charge is 0.0674 e. The topological polar surface area (TPSA) is 51.8 Å². The van der Waals surface area contributed by atoms with Gasteiger partial charge in [-0.1, -0.05) is 5.22 Å². The van der Waals surface area contributed by atoms with Crippen LogP contribution in [-0.4, -0.2) is 17.9 Å². The molecule has 0 aromatic heterocycles. The van der Waals surface area contributed by atoms with Crippen LogP contribution in [0, 0.1) is 5.53 Å². The minimum Gasteiger partial charge on any atom is -0.185 e. The second-order valence-corrected chi connectivity index (χ2v) is 1.28. The van der Waals surface area contributed by atoms with Crippen molar-refractivity contribution in [2.75, 3.05) is 6.54 Å². The van der Waals surface area contributed by atoms with Gasteiger partial charge in [-0.25, -0.2) is 0 Å². The fourth-order valence-electron chi connectivity index (χ4n) is 0.459. The molecule has 1 rings (SSSR count). The maximum absolute atomic E-state index is 6.44. The highest BCUT2D eigenvalue weighted by Gasteiger charge is 2.00. The molecule has 0 bridgehead atoms. The largest absolute Gasteiger partial charge is 0.185 e. The van der Waals surface area contributed by atoms with Gasteiger partial charge in [-0.15, -0.1) is 0 Å². The molecule has 0 amide bonds. The molecule has 0 radical (unpaired) electrons. The molecule has 0 aromatic rings. The Labute approximate surface area is 41.3 Å². The fourth-order valence-corrected chi connectivity index (χ4v) is 0.459. The molecule has 0 aromatic carbocycles. The SMILES string of the molecule is N=NN1CCC=N1. The molecule has 0 atom stereocenters. The van der Waals surface area contributed by atoms with Crippen LogP contribution in [0.5, 0.6) is 0 Å². The highest BCUT2D eigenvalue weighted by Crippen LogP contribution is 1.97. The van der Waals surface area contributed by atoms with E-state index in [4.69, 9.17) is 5.53 Å². The van der Waals surface area contributed by atoms with Crippen LogP contribution in [0.3, 0.4) is 0 Å². The van der Waals surface area contributed by atoms with Gasteiger partial charge in [0.1, 0.15) is 0 Å². The average molecular weight is 98.1 g/mol.